The highest BCUT2D eigenvalue weighted by Crippen LogP contribution is 1.56. The Morgan fingerprint density at radius 3 is 1.00 bits per heavy atom. The van der Waals surface area contributed by atoms with Crippen molar-refractivity contribution in [2.45, 2.75) is 0 Å². The fraction of sp³-hybridized carbons (Fsp3) is 0. The van der Waals surface area contributed by atoms with E-state index in [4.69, 9.17) is 19.8 Å². The number of carboxylic acids is 2. The SMILES string of the molecule is Br.Br.O=C(O)C(=O)O. The molecule has 0 spiro atoms. The van der Waals surface area contributed by atoms with Gasteiger partial charge >= 0.3 is 11.9 Å². The summed E-state index contributed by atoms with van der Waals surface area (Å²) in [6.07, 6.45) is 0. The van der Waals surface area contributed by atoms with Gasteiger partial charge in [-0.1, -0.05) is 0 Å². The van der Waals surface area contributed by atoms with E-state index in [0.29, 0.717) is 0 Å². The first-order valence-electron chi connectivity index (χ1n) is 1.11. The molecule has 0 fully saturated rings. The molecule has 2 N–H and O–H groups in total. The standard InChI is InChI=1S/C2H2O4.2BrH/c3-1(4)2(5)6;;/h(H,3,4)(H,5,6);2*1H. The van der Waals surface area contributed by atoms with Gasteiger partial charge in [-0.15, -0.1) is 34.0 Å². The van der Waals surface area contributed by atoms with Crippen molar-refractivity contribution in [2.75, 3.05) is 0 Å². The number of aliphatic carboxylic acids is 2. The number of hydrogen-bond donors (Lipinski definition) is 2. The topological polar surface area (TPSA) is 74.6 Å². The molecule has 50 valence electrons. The minimum absolute atomic E-state index is 0. The van der Waals surface area contributed by atoms with Gasteiger partial charge < -0.3 is 10.2 Å². The Balaban J connectivity index is -0.000000125. The number of carboxylic acid groups (broad SMARTS) is 2. The Hall–Kier alpha value is -0.100. The Labute approximate surface area is 66.0 Å². The quantitative estimate of drug-likeness (QED) is 0.608. The van der Waals surface area contributed by atoms with Gasteiger partial charge in [0.2, 0.25) is 0 Å². The average Bonchev–Trinajstić information content (AvgIpc) is 1.36. The van der Waals surface area contributed by atoms with Gasteiger partial charge in [0.1, 0.15) is 0 Å². The molecule has 8 heavy (non-hydrogen) atoms. The highest BCUT2D eigenvalue weighted by Gasteiger charge is 2.04. The van der Waals surface area contributed by atoms with Crippen molar-refractivity contribution >= 4 is 45.9 Å². The fourth-order valence-corrected chi connectivity index (χ4v) is 0. The summed E-state index contributed by atoms with van der Waals surface area (Å²) in [4.78, 5) is 18.2. The maximum Gasteiger partial charge on any atom is 0.414 e. The predicted octanol–water partition coefficient (Wildman–Crippen LogP) is 0.311. The van der Waals surface area contributed by atoms with Gasteiger partial charge in [0.25, 0.3) is 0 Å². The normalized spacial score (nSPS) is 5.50. The Bertz CT molecular complexity index is 78.0. The molecule has 0 saturated carbocycles. The van der Waals surface area contributed by atoms with Crippen LogP contribution in [0.2, 0.25) is 0 Å². The predicted molar refractivity (Wildman–Crippen MR) is 35.9 cm³/mol. The molecular weight excluding hydrogens is 248 g/mol. The maximum atomic E-state index is 9.10. The van der Waals surface area contributed by atoms with Crippen LogP contribution in [0.5, 0.6) is 0 Å². The van der Waals surface area contributed by atoms with E-state index in [-0.39, 0.29) is 34.0 Å². The molecule has 0 aromatic rings. The van der Waals surface area contributed by atoms with E-state index < -0.39 is 11.9 Å². The van der Waals surface area contributed by atoms with Crippen molar-refractivity contribution in [1.29, 1.82) is 0 Å². The van der Waals surface area contributed by atoms with Crippen LogP contribution < -0.4 is 0 Å². The Kier molecular flexibility index (Phi) is 13.5. The van der Waals surface area contributed by atoms with E-state index in [0.717, 1.165) is 0 Å². The van der Waals surface area contributed by atoms with Crippen LogP contribution in [0, 0.1) is 0 Å². The van der Waals surface area contributed by atoms with Crippen molar-refractivity contribution in [2.24, 2.45) is 0 Å². The Morgan fingerprint density at radius 1 is 0.875 bits per heavy atom. The highest BCUT2D eigenvalue weighted by atomic mass is 79.9. The van der Waals surface area contributed by atoms with E-state index >= 15 is 0 Å². The minimum Gasteiger partial charge on any atom is -0.473 e. The molecule has 0 aliphatic rings. The zero-order valence-corrected chi connectivity index (χ0v) is 6.95. The monoisotopic (exact) mass is 250 g/mol. The third kappa shape index (κ3) is 9.31. The maximum absolute atomic E-state index is 9.10. The molecule has 0 heterocycles. The number of hydrogen-bond acceptors (Lipinski definition) is 2. The molecule has 0 unspecified atom stereocenters. The van der Waals surface area contributed by atoms with Crippen molar-refractivity contribution in [3.05, 3.63) is 0 Å². The molecular formula is C2H4Br2O4. The van der Waals surface area contributed by atoms with Crippen LogP contribution in [0.1, 0.15) is 0 Å². The van der Waals surface area contributed by atoms with Gasteiger partial charge in [-0.2, -0.15) is 0 Å². The molecule has 0 aliphatic heterocycles. The lowest BCUT2D eigenvalue weighted by atomic mass is 10.7. The first-order chi connectivity index (χ1) is 2.64. The molecule has 0 aromatic carbocycles. The van der Waals surface area contributed by atoms with Gasteiger partial charge in [0.05, 0.1) is 0 Å². The van der Waals surface area contributed by atoms with Gasteiger partial charge in [0.15, 0.2) is 0 Å². The highest BCUT2D eigenvalue weighted by molar-refractivity contribution is 8.93. The molecule has 0 bridgehead atoms. The van der Waals surface area contributed by atoms with Gasteiger partial charge in [-0.3, -0.25) is 0 Å². The number of halogens is 2. The van der Waals surface area contributed by atoms with Crippen LogP contribution >= 0.6 is 34.0 Å². The molecule has 0 aliphatic carbocycles. The second kappa shape index (κ2) is 6.90. The zero-order valence-electron chi connectivity index (χ0n) is 3.53. The summed E-state index contributed by atoms with van der Waals surface area (Å²) >= 11 is 0. The lowest BCUT2D eigenvalue weighted by Crippen LogP contribution is -2.09. The van der Waals surface area contributed by atoms with Crippen LogP contribution in [0.4, 0.5) is 0 Å². The van der Waals surface area contributed by atoms with Crippen LogP contribution in [-0.2, 0) is 9.59 Å². The summed E-state index contributed by atoms with van der Waals surface area (Å²) in [5.74, 6) is -3.65. The molecule has 0 aromatic heterocycles. The van der Waals surface area contributed by atoms with E-state index in [1.54, 1.807) is 0 Å². The fourth-order valence-electron chi connectivity index (χ4n) is 0. The summed E-state index contributed by atoms with van der Waals surface area (Å²) in [6.45, 7) is 0. The van der Waals surface area contributed by atoms with E-state index in [1.165, 1.54) is 0 Å². The summed E-state index contributed by atoms with van der Waals surface area (Å²) < 4.78 is 0. The average molecular weight is 252 g/mol. The van der Waals surface area contributed by atoms with Crippen molar-refractivity contribution in [3.63, 3.8) is 0 Å². The minimum atomic E-state index is -1.82. The second-order valence-electron chi connectivity index (χ2n) is 0.610. The van der Waals surface area contributed by atoms with Crippen molar-refractivity contribution < 1.29 is 19.8 Å². The Morgan fingerprint density at radius 2 is 1.00 bits per heavy atom. The molecule has 0 saturated heterocycles. The molecule has 0 atom stereocenters. The first kappa shape index (κ1) is 15.7. The number of rotatable bonds is 0. The number of carbonyl (C=O) groups is 2. The zero-order chi connectivity index (χ0) is 5.15. The summed E-state index contributed by atoms with van der Waals surface area (Å²) in [5, 5.41) is 14.8. The van der Waals surface area contributed by atoms with Crippen molar-refractivity contribution in [3.8, 4) is 0 Å². The van der Waals surface area contributed by atoms with Crippen LogP contribution in [0.15, 0.2) is 0 Å². The lowest BCUT2D eigenvalue weighted by Gasteiger charge is -1.72. The lowest BCUT2D eigenvalue weighted by molar-refractivity contribution is -0.159. The second-order valence-corrected chi connectivity index (χ2v) is 0.610. The smallest absolute Gasteiger partial charge is 0.414 e. The molecule has 0 rings (SSSR count). The summed E-state index contributed by atoms with van der Waals surface area (Å²) in [5.41, 5.74) is 0. The summed E-state index contributed by atoms with van der Waals surface area (Å²) in [7, 11) is 0. The molecule has 0 amide bonds. The van der Waals surface area contributed by atoms with Crippen LogP contribution in [0.3, 0.4) is 0 Å². The van der Waals surface area contributed by atoms with Crippen molar-refractivity contribution in [1.82, 2.24) is 0 Å². The largest absolute Gasteiger partial charge is 0.473 e. The van der Waals surface area contributed by atoms with Crippen LogP contribution in [-0.4, -0.2) is 22.2 Å². The van der Waals surface area contributed by atoms with Gasteiger partial charge in [0, 0.05) is 0 Å². The molecule has 4 nitrogen and oxygen atoms in total. The summed E-state index contributed by atoms with van der Waals surface area (Å²) in [6, 6.07) is 0. The van der Waals surface area contributed by atoms with Gasteiger partial charge in [-0.25, -0.2) is 9.59 Å². The third-order valence-electron chi connectivity index (χ3n) is 0.183. The third-order valence-corrected chi connectivity index (χ3v) is 0.183. The van der Waals surface area contributed by atoms with E-state index in [9.17, 15) is 0 Å². The van der Waals surface area contributed by atoms with E-state index in [1.807, 2.05) is 0 Å². The van der Waals surface area contributed by atoms with Gasteiger partial charge in [-0.05, 0) is 0 Å². The molecule has 0 radical (unpaired) electrons. The van der Waals surface area contributed by atoms with Crippen LogP contribution in [0.25, 0.3) is 0 Å². The molecule has 6 heteroatoms. The van der Waals surface area contributed by atoms with E-state index in [2.05, 4.69) is 0 Å². The first-order valence-corrected chi connectivity index (χ1v) is 1.11.